The molecule has 15 heavy (non-hydrogen) atoms. The van der Waals surface area contributed by atoms with Crippen molar-refractivity contribution >= 4 is 52.4 Å². The summed E-state index contributed by atoms with van der Waals surface area (Å²) in [5.74, 6) is -0.851. The number of halogens is 4. The van der Waals surface area contributed by atoms with Crippen LogP contribution in [-0.4, -0.2) is 15.5 Å². The molecular weight excluding hydrogens is 286 g/mol. The largest absolute Gasteiger partial charge is 0.374 e. The lowest BCUT2D eigenvalue weighted by Gasteiger charge is -1.97. The van der Waals surface area contributed by atoms with Crippen LogP contribution in [0.15, 0.2) is 24.3 Å². The third-order valence-electron chi connectivity index (χ3n) is 1.18. The molecule has 0 saturated carbocycles. The first-order valence-electron chi connectivity index (χ1n) is 3.51. The Kier molecular flexibility index (Phi) is 7.92. The van der Waals surface area contributed by atoms with Gasteiger partial charge < -0.3 is 0 Å². The van der Waals surface area contributed by atoms with Crippen LogP contribution in [0.2, 0.25) is 5.02 Å². The van der Waals surface area contributed by atoms with Crippen LogP contribution < -0.4 is 0 Å². The zero-order valence-corrected chi connectivity index (χ0v) is 10.2. The fourth-order valence-electron chi connectivity index (χ4n) is 0.676. The van der Waals surface area contributed by atoms with Gasteiger partial charge in [-0.25, -0.2) is 4.79 Å². The molecule has 0 atom stereocenters. The van der Waals surface area contributed by atoms with Crippen molar-refractivity contribution in [2.75, 3.05) is 0 Å². The van der Waals surface area contributed by atoms with Gasteiger partial charge in [0.1, 0.15) is 0 Å². The van der Waals surface area contributed by atoms with Gasteiger partial charge in [-0.2, -0.15) is 5.26 Å². The van der Waals surface area contributed by atoms with Gasteiger partial charge in [-0.05, 0) is 12.1 Å². The number of hydrogen-bond donors (Lipinski definition) is 1. The first-order valence-corrected chi connectivity index (χ1v) is 5.20. The molecule has 7 heteroatoms. The number of carbonyl (C=O) groups excluding carboxylic acids is 1. The Hall–Kier alpha value is -0.190. The summed E-state index contributed by atoms with van der Waals surface area (Å²) in [5, 5.41) is 8.26. The van der Waals surface area contributed by atoms with E-state index in [1.54, 1.807) is 12.1 Å². The van der Waals surface area contributed by atoms with Gasteiger partial charge in [0.05, 0.1) is 10.6 Å². The number of hydrogen-bond acceptors (Lipinski definition) is 3. The van der Waals surface area contributed by atoms with Gasteiger partial charge >= 0.3 is 5.97 Å². The molecule has 3 nitrogen and oxygen atoms in total. The molecule has 0 bridgehead atoms. The Labute approximate surface area is 106 Å². The summed E-state index contributed by atoms with van der Waals surface area (Å²) in [4.78, 5) is 14.2. The second-order valence-electron chi connectivity index (χ2n) is 2.11. The Bertz CT molecular complexity index is 314. The minimum absolute atomic E-state index is 0.150. The Morgan fingerprint density at radius 3 is 2.13 bits per heavy atom. The highest BCUT2D eigenvalue weighted by Crippen LogP contribution is 2.15. The van der Waals surface area contributed by atoms with Crippen LogP contribution in [0.25, 0.3) is 0 Å². The third-order valence-corrected chi connectivity index (χ3v) is 1.51. The molecule has 1 aromatic carbocycles. The van der Waals surface area contributed by atoms with E-state index in [0.717, 1.165) is 0 Å². The quantitative estimate of drug-likeness (QED) is 0.484. The number of alkyl halides is 3. The average Bonchev–Trinajstić information content (AvgIpc) is 2.16. The summed E-state index contributed by atoms with van der Waals surface area (Å²) in [6.45, 7) is 0. The normalized spacial score (nSPS) is 9.20. The van der Waals surface area contributed by atoms with E-state index in [1.165, 1.54) is 12.1 Å². The summed E-state index contributed by atoms with van der Waals surface area (Å²) in [5.41, 5.74) is 0.150. The molecule has 0 aliphatic heterocycles. The van der Waals surface area contributed by atoms with E-state index in [1.807, 2.05) is 0 Å². The topological polar surface area (TPSA) is 46.5 Å². The highest BCUT2D eigenvalue weighted by molar-refractivity contribution is 6.63. The average molecular weight is 292 g/mol. The van der Waals surface area contributed by atoms with Crippen LogP contribution >= 0.6 is 46.4 Å². The molecule has 0 unspecified atom stereocenters. The lowest BCUT2D eigenvalue weighted by atomic mass is 10.2. The molecule has 0 radical (unpaired) electrons. The third kappa shape index (κ3) is 6.82. The smallest absolute Gasteiger partial charge is 0.295 e. The van der Waals surface area contributed by atoms with Crippen LogP contribution in [0.3, 0.4) is 0 Å². The maximum Gasteiger partial charge on any atom is 0.374 e. The predicted molar refractivity (Wildman–Crippen MR) is 60.8 cm³/mol. The van der Waals surface area contributed by atoms with Crippen LogP contribution in [0, 0.1) is 0 Å². The van der Waals surface area contributed by atoms with Crippen molar-refractivity contribution in [1.82, 2.24) is 0 Å². The molecule has 0 heterocycles. The summed E-state index contributed by atoms with van der Waals surface area (Å²) >= 11 is 20.0. The van der Waals surface area contributed by atoms with Gasteiger partial charge in [0.25, 0.3) is 0 Å². The van der Waals surface area contributed by atoms with E-state index in [2.05, 4.69) is 4.89 Å². The molecule has 0 amide bonds. The van der Waals surface area contributed by atoms with Gasteiger partial charge in [0.2, 0.25) is 0 Å². The molecule has 0 saturated heterocycles. The lowest BCUT2D eigenvalue weighted by molar-refractivity contribution is -0.182. The van der Waals surface area contributed by atoms with Crippen LogP contribution in [0.1, 0.15) is 10.4 Å². The highest BCUT2D eigenvalue weighted by Gasteiger charge is 2.09. The van der Waals surface area contributed by atoms with Crippen molar-refractivity contribution in [3.8, 4) is 0 Å². The molecule has 1 aromatic rings. The van der Waals surface area contributed by atoms with E-state index in [9.17, 15) is 4.79 Å². The minimum atomic E-state index is -0.851. The first-order chi connectivity index (χ1) is 6.99. The van der Waals surface area contributed by atoms with Crippen LogP contribution in [0.4, 0.5) is 0 Å². The Morgan fingerprint density at radius 2 is 1.73 bits per heavy atom. The minimum Gasteiger partial charge on any atom is -0.295 e. The second kappa shape index (κ2) is 8.02. The van der Waals surface area contributed by atoms with Gasteiger partial charge in [-0.3, -0.25) is 4.89 Å². The van der Waals surface area contributed by atoms with E-state index < -0.39 is 10.3 Å². The summed E-state index contributed by atoms with van der Waals surface area (Å²) < 4.78 is -0.750. The molecule has 84 valence electrons. The summed E-state index contributed by atoms with van der Waals surface area (Å²) in [7, 11) is 0. The van der Waals surface area contributed by atoms with Crippen molar-refractivity contribution in [2.24, 2.45) is 0 Å². The standard InChI is InChI=1S/C7H5ClO3.CHCl3/c8-6-4-2-1-3-5(6)7(9)11-10;2-1(3)4/h1-4,10H;1H. The van der Waals surface area contributed by atoms with Crippen molar-refractivity contribution in [1.29, 1.82) is 0 Å². The monoisotopic (exact) mass is 290 g/mol. The van der Waals surface area contributed by atoms with Crippen LogP contribution in [-0.2, 0) is 4.89 Å². The molecular formula is C8H6Cl4O3. The van der Waals surface area contributed by atoms with E-state index >= 15 is 0 Å². The molecule has 0 aliphatic rings. The molecule has 0 fully saturated rings. The first kappa shape index (κ1) is 14.8. The van der Waals surface area contributed by atoms with Crippen LogP contribution in [0.5, 0.6) is 0 Å². The Balaban J connectivity index is 0.000000423. The van der Waals surface area contributed by atoms with Crippen molar-refractivity contribution < 1.29 is 14.9 Å². The molecule has 1 N–H and O–H groups in total. The SMILES string of the molecule is ClC(Cl)Cl.O=C(OO)c1ccccc1Cl. The van der Waals surface area contributed by atoms with E-state index in [0.29, 0.717) is 0 Å². The van der Waals surface area contributed by atoms with E-state index in [-0.39, 0.29) is 10.6 Å². The van der Waals surface area contributed by atoms with Crippen molar-refractivity contribution in [2.45, 2.75) is 4.30 Å². The van der Waals surface area contributed by atoms with Gasteiger partial charge in [0, 0.05) is 0 Å². The van der Waals surface area contributed by atoms with Crippen molar-refractivity contribution in [3.63, 3.8) is 0 Å². The fourth-order valence-corrected chi connectivity index (χ4v) is 0.889. The zero-order valence-electron chi connectivity index (χ0n) is 7.16. The van der Waals surface area contributed by atoms with Crippen molar-refractivity contribution in [3.05, 3.63) is 34.9 Å². The molecule has 1 rings (SSSR count). The van der Waals surface area contributed by atoms with Gasteiger partial charge in [-0.1, -0.05) is 58.5 Å². The maximum atomic E-state index is 10.7. The summed E-state index contributed by atoms with van der Waals surface area (Å²) in [6, 6.07) is 6.29. The number of benzene rings is 1. The predicted octanol–water partition coefficient (Wildman–Crippen LogP) is 3.96. The van der Waals surface area contributed by atoms with Gasteiger partial charge in [0.15, 0.2) is 4.30 Å². The molecule has 0 aromatic heterocycles. The lowest BCUT2D eigenvalue weighted by Crippen LogP contribution is -2.01. The maximum absolute atomic E-state index is 10.7. The van der Waals surface area contributed by atoms with E-state index in [4.69, 9.17) is 51.7 Å². The molecule has 0 spiro atoms. The summed E-state index contributed by atoms with van der Waals surface area (Å²) in [6.07, 6.45) is 0. The zero-order chi connectivity index (χ0) is 11.8. The number of carbonyl (C=O) groups is 1. The van der Waals surface area contributed by atoms with Gasteiger partial charge in [-0.15, -0.1) is 0 Å². The number of rotatable bonds is 1. The highest BCUT2D eigenvalue weighted by atomic mass is 35.6. The second-order valence-corrected chi connectivity index (χ2v) is 4.49. The molecule has 0 aliphatic carbocycles. The fraction of sp³-hybridized carbons (Fsp3) is 0.125. The Morgan fingerprint density at radius 1 is 1.27 bits per heavy atom.